The molecular weight excluding hydrogens is 370 g/mol. The van der Waals surface area contributed by atoms with Crippen LogP contribution in [0.2, 0.25) is 0 Å². The van der Waals surface area contributed by atoms with E-state index in [-0.39, 0.29) is 5.91 Å². The molecule has 2 heterocycles. The molecule has 0 saturated heterocycles. The molecule has 0 atom stereocenters. The molecule has 2 aliphatic rings. The van der Waals surface area contributed by atoms with Gasteiger partial charge in [0.2, 0.25) is 11.4 Å². The molecule has 28 heavy (non-hydrogen) atoms. The summed E-state index contributed by atoms with van der Waals surface area (Å²) in [6.45, 7) is 4.53. The van der Waals surface area contributed by atoms with E-state index in [1.807, 2.05) is 19.1 Å². The molecule has 1 amide bonds. The van der Waals surface area contributed by atoms with E-state index in [9.17, 15) is 4.79 Å². The Morgan fingerprint density at radius 1 is 1.07 bits per heavy atom. The Morgan fingerprint density at radius 3 is 2.36 bits per heavy atom. The minimum atomic E-state index is -0.144. The van der Waals surface area contributed by atoms with Crippen molar-refractivity contribution in [3.63, 3.8) is 0 Å². The number of nitrogens with zero attached hydrogens (tertiary/aromatic N) is 2. The van der Waals surface area contributed by atoms with Gasteiger partial charge in [0.15, 0.2) is 0 Å². The van der Waals surface area contributed by atoms with E-state index in [0.717, 1.165) is 16.8 Å². The summed E-state index contributed by atoms with van der Waals surface area (Å²) in [5, 5.41) is 3.58. The SMILES string of the molecule is CCC1=NC2=CC(Cl)=C[N+]2=C1C(=O)NCc1ccc(-c2ccc(C)cc2)cc1. The van der Waals surface area contributed by atoms with Crippen LogP contribution in [0.25, 0.3) is 11.1 Å². The lowest BCUT2D eigenvalue weighted by Crippen LogP contribution is -2.37. The third kappa shape index (κ3) is 3.56. The Kier molecular flexibility index (Phi) is 4.97. The first kappa shape index (κ1) is 18.4. The number of rotatable bonds is 5. The minimum absolute atomic E-state index is 0.144. The predicted octanol–water partition coefficient (Wildman–Crippen LogP) is 4.53. The van der Waals surface area contributed by atoms with Gasteiger partial charge in [0.25, 0.3) is 5.91 Å². The van der Waals surface area contributed by atoms with Gasteiger partial charge in [-0.3, -0.25) is 4.79 Å². The molecule has 2 aromatic carbocycles. The highest BCUT2D eigenvalue weighted by atomic mass is 35.5. The van der Waals surface area contributed by atoms with Crippen LogP contribution in [0.1, 0.15) is 24.5 Å². The van der Waals surface area contributed by atoms with Crippen LogP contribution in [0.4, 0.5) is 0 Å². The van der Waals surface area contributed by atoms with Gasteiger partial charge in [0, 0.05) is 13.0 Å². The number of benzene rings is 2. The van der Waals surface area contributed by atoms with Crippen LogP contribution in [0, 0.1) is 6.92 Å². The zero-order valence-corrected chi connectivity index (χ0v) is 16.6. The van der Waals surface area contributed by atoms with Crippen LogP contribution in [0.15, 0.2) is 76.7 Å². The summed E-state index contributed by atoms with van der Waals surface area (Å²) < 4.78 is 1.76. The maximum Gasteiger partial charge on any atom is 0.330 e. The second-order valence-electron chi connectivity index (χ2n) is 6.89. The third-order valence-electron chi connectivity index (χ3n) is 4.87. The summed E-state index contributed by atoms with van der Waals surface area (Å²) in [6.07, 6.45) is 4.18. The van der Waals surface area contributed by atoms with E-state index >= 15 is 0 Å². The number of fused-ring (bicyclic) bond motifs is 1. The Balaban J connectivity index is 1.46. The number of hydrogen-bond donors (Lipinski definition) is 1. The van der Waals surface area contributed by atoms with Gasteiger partial charge in [-0.1, -0.05) is 72.6 Å². The first-order chi connectivity index (χ1) is 13.5. The van der Waals surface area contributed by atoms with E-state index in [1.54, 1.807) is 16.9 Å². The molecule has 2 aliphatic heterocycles. The van der Waals surface area contributed by atoms with Crippen LogP contribution in [0.5, 0.6) is 0 Å². The molecule has 0 aromatic heterocycles. The number of hydrogen-bond acceptors (Lipinski definition) is 2. The maximum absolute atomic E-state index is 12.8. The lowest BCUT2D eigenvalue weighted by atomic mass is 10.0. The molecule has 0 saturated carbocycles. The molecule has 0 spiro atoms. The van der Waals surface area contributed by atoms with Gasteiger partial charge in [-0.15, -0.1) is 0 Å². The number of nitrogens with one attached hydrogen (secondary N) is 1. The van der Waals surface area contributed by atoms with Gasteiger partial charge >= 0.3 is 5.82 Å². The Labute approximate surface area is 169 Å². The van der Waals surface area contributed by atoms with Crippen molar-refractivity contribution in [2.24, 2.45) is 4.99 Å². The van der Waals surface area contributed by atoms with Gasteiger partial charge in [-0.25, -0.2) is 0 Å². The lowest BCUT2D eigenvalue weighted by molar-refractivity contribution is -0.391. The molecule has 0 aliphatic carbocycles. The topological polar surface area (TPSA) is 44.5 Å². The highest BCUT2D eigenvalue weighted by Crippen LogP contribution is 2.24. The van der Waals surface area contributed by atoms with Gasteiger partial charge in [0.05, 0.1) is 11.1 Å². The Bertz CT molecular complexity index is 1060. The Hall–Kier alpha value is -2.98. The number of aliphatic imine (C=N–C) groups is 1. The van der Waals surface area contributed by atoms with Crippen molar-refractivity contribution in [3.05, 3.63) is 82.8 Å². The van der Waals surface area contributed by atoms with Gasteiger partial charge in [0.1, 0.15) is 6.20 Å². The highest BCUT2D eigenvalue weighted by Gasteiger charge is 2.38. The standard InChI is InChI=1S/C23H20ClN3O/c1-3-20-22(27-14-19(24)12-21(27)26-20)23(28)25-13-16-6-10-18(11-7-16)17-8-4-15(2)5-9-17/h4-12,14H,3,13H2,1-2H3/p+1. The monoisotopic (exact) mass is 390 g/mol. The molecular formula is C23H21ClN3O+. The molecule has 5 heteroatoms. The second kappa shape index (κ2) is 7.56. The fraction of sp³-hybridized carbons (Fsp3) is 0.174. The third-order valence-corrected chi connectivity index (χ3v) is 5.08. The second-order valence-corrected chi connectivity index (χ2v) is 7.33. The van der Waals surface area contributed by atoms with E-state index in [2.05, 4.69) is 53.6 Å². The summed E-state index contributed by atoms with van der Waals surface area (Å²) in [5.41, 5.74) is 5.97. The fourth-order valence-corrected chi connectivity index (χ4v) is 3.52. The number of halogens is 1. The highest BCUT2D eigenvalue weighted by molar-refractivity contribution is 6.66. The molecule has 4 nitrogen and oxygen atoms in total. The molecule has 140 valence electrons. The number of amides is 1. The zero-order chi connectivity index (χ0) is 19.7. The van der Waals surface area contributed by atoms with E-state index in [4.69, 9.17) is 11.6 Å². The molecule has 1 N–H and O–H groups in total. The van der Waals surface area contributed by atoms with E-state index < -0.39 is 0 Å². The molecule has 0 unspecified atom stereocenters. The Morgan fingerprint density at radius 2 is 1.71 bits per heavy atom. The average molecular weight is 391 g/mol. The van der Waals surface area contributed by atoms with Gasteiger partial charge in [-0.05, 0) is 28.6 Å². The predicted molar refractivity (Wildman–Crippen MR) is 113 cm³/mol. The van der Waals surface area contributed by atoms with Gasteiger partial charge < -0.3 is 5.32 Å². The molecule has 2 aromatic rings. The summed E-state index contributed by atoms with van der Waals surface area (Å²) in [6, 6.07) is 16.7. The van der Waals surface area contributed by atoms with Crippen molar-refractivity contribution in [1.29, 1.82) is 0 Å². The van der Waals surface area contributed by atoms with Crippen LogP contribution < -0.4 is 5.32 Å². The van der Waals surface area contributed by atoms with Crippen LogP contribution in [-0.4, -0.2) is 21.9 Å². The zero-order valence-electron chi connectivity index (χ0n) is 15.9. The summed E-state index contributed by atoms with van der Waals surface area (Å²) in [5.74, 6) is 0.559. The maximum atomic E-state index is 12.8. The molecule has 0 fully saturated rings. The average Bonchev–Trinajstić information content (AvgIpc) is 3.22. The lowest BCUT2D eigenvalue weighted by Gasteiger charge is -2.07. The largest absolute Gasteiger partial charge is 0.345 e. The number of carbonyl (C=O) groups excluding carboxylic acids is 1. The first-order valence-electron chi connectivity index (χ1n) is 9.32. The number of aryl methyl sites for hydroxylation is 1. The van der Waals surface area contributed by atoms with Crippen molar-refractivity contribution in [2.45, 2.75) is 26.8 Å². The smallest absolute Gasteiger partial charge is 0.330 e. The number of carbonyl (C=O) groups is 1. The molecule has 0 bridgehead atoms. The van der Waals surface area contributed by atoms with Crippen molar-refractivity contribution in [2.75, 3.05) is 0 Å². The quantitative estimate of drug-likeness (QED) is 0.749. The van der Waals surface area contributed by atoms with Crippen molar-refractivity contribution >= 4 is 28.9 Å². The van der Waals surface area contributed by atoms with Crippen molar-refractivity contribution < 1.29 is 9.37 Å². The normalized spacial score (nSPS) is 15.2. The van der Waals surface area contributed by atoms with Gasteiger partial charge in [-0.2, -0.15) is 4.58 Å². The van der Waals surface area contributed by atoms with Crippen LogP contribution in [-0.2, 0) is 11.3 Å². The van der Waals surface area contributed by atoms with E-state index in [0.29, 0.717) is 29.5 Å². The minimum Gasteiger partial charge on any atom is -0.345 e. The van der Waals surface area contributed by atoms with Crippen molar-refractivity contribution in [3.8, 4) is 11.1 Å². The fourth-order valence-electron chi connectivity index (χ4n) is 3.33. The number of allylic oxidation sites excluding steroid dienone is 2. The summed E-state index contributed by atoms with van der Waals surface area (Å²) in [7, 11) is 0. The van der Waals surface area contributed by atoms with E-state index in [1.165, 1.54) is 11.1 Å². The summed E-state index contributed by atoms with van der Waals surface area (Å²) in [4.78, 5) is 17.3. The van der Waals surface area contributed by atoms with Crippen molar-refractivity contribution in [1.82, 2.24) is 5.32 Å². The van der Waals surface area contributed by atoms with Crippen LogP contribution in [0.3, 0.4) is 0 Å². The first-order valence-corrected chi connectivity index (χ1v) is 9.70. The molecule has 4 rings (SSSR count). The van der Waals surface area contributed by atoms with Crippen LogP contribution >= 0.6 is 11.6 Å². The molecule has 0 radical (unpaired) electrons. The summed E-state index contributed by atoms with van der Waals surface area (Å²) >= 11 is 6.05.